The molecule has 14 nitrogen and oxygen atoms in total. The van der Waals surface area contributed by atoms with Crippen molar-refractivity contribution in [3.8, 4) is 0 Å². The molecule has 12 atom stereocenters. The molecule has 0 aliphatic carbocycles. The number of ether oxygens (including phenoxy) is 4. The Morgan fingerprint density at radius 3 is 1.51 bits per heavy atom. The summed E-state index contributed by atoms with van der Waals surface area (Å²) in [7, 11) is 0. The van der Waals surface area contributed by atoms with E-state index >= 15 is 0 Å². The van der Waals surface area contributed by atoms with Crippen molar-refractivity contribution >= 4 is 5.91 Å². The molecule has 0 aromatic rings. The zero-order chi connectivity index (χ0) is 53.2. The normalized spacial score (nSPS) is 25.9. The summed E-state index contributed by atoms with van der Waals surface area (Å²) in [4.78, 5) is 13.2. The number of carbonyl (C=O) groups excluding carboxylic acids is 1. The van der Waals surface area contributed by atoms with Crippen LogP contribution < -0.4 is 5.32 Å². The largest absolute Gasteiger partial charge is 0.394 e. The van der Waals surface area contributed by atoms with Crippen molar-refractivity contribution < 1.29 is 64.6 Å². The van der Waals surface area contributed by atoms with Gasteiger partial charge in [0.25, 0.3) is 0 Å². The predicted octanol–water partition coefficient (Wildman–Crippen LogP) is 9.16. The molecule has 0 aromatic heterocycles. The van der Waals surface area contributed by atoms with E-state index in [0.717, 1.165) is 64.2 Å². The fourth-order valence-corrected chi connectivity index (χ4v) is 9.00. The lowest BCUT2D eigenvalue weighted by Crippen LogP contribution is -2.65. The molecule has 1 amide bonds. The topological polar surface area (TPSA) is 228 Å². The molecule has 12 unspecified atom stereocenters. The third kappa shape index (κ3) is 30.7. The molecule has 2 aliphatic heterocycles. The van der Waals surface area contributed by atoms with Crippen LogP contribution >= 0.6 is 0 Å². The Morgan fingerprint density at radius 2 is 0.959 bits per heavy atom. The zero-order valence-electron chi connectivity index (χ0n) is 45.1. The second-order valence-electron chi connectivity index (χ2n) is 20.0. The fourth-order valence-electron chi connectivity index (χ4n) is 9.00. The average Bonchev–Trinajstić information content (AvgIpc) is 3.39. The van der Waals surface area contributed by atoms with E-state index < -0.39 is 86.8 Å². The number of rotatable bonds is 44. The van der Waals surface area contributed by atoms with Gasteiger partial charge in [-0.25, -0.2) is 0 Å². The van der Waals surface area contributed by atoms with E-state index in [9.17, 15) is 45.6 Å². The molecule has 14 heteroatoms. The summed E-state index contributed by atoms with van der Waals surface area (Å²) < 4.78 is 22.7. The molecule has 0 spiro atoms. The van der Waals surface area contributed by atoms with Gasteiger partial charge in [-0.1, -0.05) is 196 Å². The molecule has 0 radical (unpaired) electrons. The number of hydrogen-bond donors (Lipinski definition) is 9. The molecule has 2 aliphatic rings. The number of allylic oxidation sites excluding steroid dienone is 11. The van der Waals surface area contributed by atoms with Crippen molar-refractivity contribution in [1.82, 2.24) is 5.32 Å². The van der Waals surface area contributed by atoms with Gasteiger partial charge in [-0.05, 0) is 70.6 Å². The first-order valence-electron chi connectivity index (χ1n) is 28.7. The molecule has 2 heterocycles. The van der Waals surface area contributed by atoms with E-state index in [1.54, 1.807) is 6.08 Å². The number of amides is 1. The number of hydrogen-bond acceptors (Lipinski definition) is 13. The van der Waals surface area contributed by atoms with Crippen LogP contribution in [0.2, 0.25) is 0 Å². The van der Waals surface area contributed by atoms with Crippen LogP contribution in [0.3, 0.4) is 0 Å². The van der Waals surface area contributed by atoms with Crippen LogP contribution in [0.25, 0.3) is 0 Å². The van der Waals surface area contributed by atoms with E-state index in [1.807, 2.05) is 6.08 Å². The van der Waals surface area contributed by atoms with Crippen LogP contribution in [-0.4, -0.2) is 140 Å². The van der Waals surface area contributed by atoms with Gasteiger partial charge in [0, 0.05) is 6.42 Å². The third-order valence-electron chi connectivity index (χ3n) is 13.6. The Labute approximate surface area is 440 Å². The Balaban J connectivity index is 1.82. The second kappa shape index (κ2) is 44.5. The van der Waals surface area contributed by atoms with Crippen molar-refractivity contribution in [1.29, 1.82) is 0 Å². The number of carbonyl (C=O) groups is 1. The molecule has 0 saturated carbocycles. The lowest BCUT2D eigenvalue weighted by molar-refractivity contribution is -0.359. The highest BCUT2D eigenvalue weighted by Gasteiger charge is 2.51. The third-order valence-corrected chi connectivity index (χ3v) is 13.6. The van der Waals surface area contributed by atoms with Crippen molar-refractivity contribution in [3.63, 3.8) is 0 Å². The summed E-state index contributed by atoms with van der Waals surface area (Å²) in [5, 5.41) is 87.0. The van der Waals surface area contributed by atoms with Crippen LogP contribution in [0.4, 0.5) is 0 Å². The lowest BCUT2D eigenvalue weighted by atomic mass is 9.97. The minimum Gasteiger partial charge on any atom is -0.394 e. The number of nitrogens with one attached hydrogen (secondary N) is 1. The molecule has 2 rings (SSSR count). The van der Waals surface area contributed by atoms with E-state index in [-0.39, 0.29) is 18.9 Å². The van der Waals surface area contributed by atoms with Gasteiger partial charge in [0.1, 0.15) is 48.8 Å². The van der Waals surface area contributed by atoms with E-state index in [2.05, 4.69) is 79.9 Å². The molecule has 2 fully saturated rings. The van der Waals surface area contributed by atoms with Crippen molar-refractivity contribution in [2.24, 2.45) is 0 Å². The molecule has 9 N–H and O–H groups in total. The Bertz CT molecular complexity index is 1500. The molecular weight excluding hydrogens is 931 g/mol. The van der Waals surface area contributed by atoms with Gasteiger partial charge in [-0.2, -0.15) is 0 Å². The maximum atomic E-state index is 13.2. The minimum atomic E-state index is -1.80. The number of aliphatic hydroxyl groups excluding tert-OH is 8. The predicted molar refractivity (Wildman–Crippen MR) is 290 cm³/mol. The Hall–Kier alpha value is -2.57. The average molecular weight is 1030 g/mol. The molecule has 422 valence electrons. The van der Waals surface area contributed by atoms with Crippen LogP contribution in [0, 0.1) is 0 Å². The zero-order valence-corrected chi connectivity index (χ0v) is 45.1. The minimum absolute atomic E-state index is 0.242. The standard InChI is InChI=1S/C59H103NO13/c1-3-5-7-9-11-13-15-17-19-21-22-23-24-25-27-28-30-32-34-36-38-40-42-48(63)47(60-51(64)43-41-39-37-35-33-31-29-26-20-18-16-14-12-10-8-6-4-2)46-70-58-56(69)54(67)57(50(45-62)72-58)73-59-55(68)53(66)52(65)49(44-61)71-59/h6,8,12,14,18,20,29,31-32,34,40,42,47-50,52-59,61-63,65-69H,3-5,7,9-11,13,15-17,19,21-28,30,33,35-39,41,43-46H2,1-2H3,(H,60,64)/b8-6-,14-12-,20-18-,31-29-,34-32+,42-40+. The fraction of sp³-hybridized carbons (Fsp3) is 0.780. The summed E-state index contributed by atoms with van der Waals surface area (Å²) in [5.74, 6) is -0.275. The maximum Gasteiger partial charge on any atom is 0.220 e. The van der Waals surface area contributed by atoms with Gasteiger partial charge in [-0.15, -0.1) is 0 Å². The Kier molecular flexibility index (Phi) is 40.6. The highest BCUT2D eigenvalue weighted by atomic mass is 16.7. The first kappa shape index (κ1) is 66.5. The highest BCUT2D eigenvalue weighted by Crippen LogP contribution is 2.30. The van der Waals surface area contributed by atoms with Gasteiger partial charge >= 0.3 is 0 Å². The van der Waals surface area contributed by atoms with E-state index in [1.165, 1.54) is 103 Å². The maximum absolute atomic E-state index is 13.2. The van der Waals surface area contributed by atoms with Gasteiger partial charge < -0.3 is 65.1 Å². The van der Waals surface area contributed by atoms with Gasteiger partial charge in [0.2, 0.25) is 5.91 Å². The Morgan fingerprint density at radius 1 is 0.507 bits per heavy atom. The highest BCUT2D eigenvalue weighted by molar-refractivity contribution is 5.76. The number of aliphatic hydroxyl groups is 8. The quantitative estimate of drug-likeness (QED) is 0.0205. The molecular formula is C59H103NO13. The molecule has 0 bridgehead atoms. The first-order chi connectivity index (χ1) is 35.6. The summed E-state index contributed by atoms with van der Waals surface area (Å²) in [5.41, 5.74) is 0. The van der Waals surface area contributed by atoms with Crippen molar-refractivity contribution in [3.05, 3.63) is 72.9 Å². The number of unbranched alkanes of at least 4 members (excludes halogenated alkanes) is 21. The van der Waals surface area contributed by atoms with Crippen LogP contribution in [0.15, 0.2) is 72.9 Å². The SMILES string of the molecule is CC/C=C\C/C=C\C/C=C\C/C=C\CCCCCCC(=O)NC(COC1OC(CO)C(OC2OC(CO)C(O)C(O)C2O)C(O)C1O)C(O)/C=C/CC/C=C/CCCCCCCCCCCCCCCCCC. The van der Waals surface area contributed by atoms with Crippen molar-refractivity contribution in [2.45, 2.75) is 274 Å². The summed E-state index contributed by atoms with van der Waals surface area (Å²) >= 11 is 0. The van der Waals surface area contributed by atoms with E-state index in [0.29, 0.717) is 12.8 Å². The summed E-state index contributed by atoms with van der Waals surface area (Å²) in [6.07, 6.45) is 40.8. The second-order valence-corrected chi connectivity index (χ2v) is 20.0. The van der Waals surface area contributed by atoms with Gasteiger partial charge in [0.15, 0.2) is 12.6 Å². The molecule has 73 heavy (non-hydrogen) atoms. The molecule has 2 saturated heterocycles. The lowest BCUT2D eigenvalue weighted by Gasteiger charge is -2.46. The van der Waals surface area contributed by atoms with Crippen LogP contribution in [-0.2, 0) is 23.7 Å². The summed E-state index contributed by atoms with van der Waals surface area (Å²) in [6.45, 7) is 2.64. The van der Waals surface area contributed by atoms with Crippen LogP contribution in [0.1, 0.15) is 200 Å². The van der Waals surface area contributed by atoms with Crippen LogP contribution in [0.5, 0.6) is 0 Å². The van der Waals surface area contributed by atoms with Gasteiger partial charge in [-0.3, -0.25) is 4.79 Å². The van der Waals surface area contributed by atoms with E-state index in [4.69, 9.17) is 18.9 Å². The first-order valence-corrected chi connectivity index (χ1v) is 28.7. The molecule has 0 aromatic carbocycles. The van der Waals surface area contributed by atoms with Gasteiger partial charge in [0.05, 0.1) is 32.0 Å². The monoisotopic (exact) mass is 1030 g/mol. The van der Waals surface area contributed by atoms with Crippen molar-refractivity contribution in [2.75, 3.05) is 19.8 Å². The summed E-state index contributed by atoms with van der Waals surface area (Å²) in [6, 6.07) is -0.948. The smallest absolute Gasteiger partial charge is 0.220 e.